The summed E-state index contributed by atoms with van der Waals surface area (Å²) in [5.74, 6) is 0. The standard InChI is InChI=1S/C16H24I2S2/c17-13-9-5-1-3-7-11-15(13)19-20-16-12-8-4-2-6-10-14(16)18/h1-4,13-16H,5-12H2/b3-1-,4-2-. The largest absolute Gasteiger partial charge is 0.0893 e. The summed E-state index contributed by atoms with van der Waals surface area (Å²) in [6.07, 6.45) is 20.1. The van der Waals surface area contributed by atoms with Gasteiger partial charge in [0.1, 0.15) is 0 Å². The lowest BCUT2D eigenvalue weighted by Crippen LogP contribution is -2.20. The van der Waals surface area contributed by atoms with Gasteiger partial charge in [-0.15, -0.1) is 0 Å². The van der Waals surface area contributed by atoms with Gasteiger partial charge in [-0.25, -0.2) is 0 Å². The Labute approximate surface area is 159 Å². The average molecular weight is 534 g/mol. The van der Waals surface area contributed by atoms with Gasteiger partial charge < -0.3 is 0 Å². The topological polar surface area (TPSA) is 0 Å². The third kappa shape index (κ3) is 6.41. The molecule has 0 N–H and O–H groups in total. The van der Waals surface area contributed by atoms with Gasteiger partial charge in [0.05, 0.1) is 0 Å². The first kappa shape index (κ1) is 18.0. The maximum atomic E-state index is 2.69. The van der Waals surface area contributed by atoms with E-state index in [0.717, 1.165) is 18.3 Å². The van der Waals surface area contributed by atoms with Crippen LogP contribution in [0.3, 0.4) is 0 Å². The van der Waals surface area contributed by atoms with E-state index in [1.165, 1.54) is 51.4 Å². The fourth-order valence-corrected chi connectivity index (χ4v) is 9.61. The van der Waals surface area contributed by atoms with Crippen molar-refractivity contribution < 1.29 is 0 Å². The molecule has 2 aliphatic carbocycles. The molecule has 2 rings (SSSR count). The van der Waals surface area contributed by atoms with E-state index in [2.05, 4.69) is 91.1 Å². The quantitative estimate of drug-likeness (QED) is 0.166. The summed E-state index contributed by atoms with van der Waals surface area (Å²) in [5.41, 5.74) is 0. The van der Waals surface area contributed by atoms with Crippen LogP contribution in [-0.2, 0) is 0 Å². The monoisotopic (exact) mass is 534 g/mol. The Hall–Kier alpha value is 1.64. The Kier molecular flexibility index (Phi) is 9.37. The van der Waals surface area contributed by atoms with Crippen molar-refractivity contribution >= 4 is 66.8 Å². The van der Waals surface area contributed by atoms with Crippen molar-refractivity contribution in [3.8, 4) is 0 Å². The smallest absolute Gasteiger partial charge is 0.0272 e. The molecule has 0 aromatic heterocycles. The Morgan fingerprint density at radius 2 is 0.950 bits per heavy atom. The molecular weight excluding hydrogens is 510 g/mol. The molecule has 0 nitrogen and oxygen atoms in total. The van der Waals surface area contributed by atoms with Crippen molar-refractivity contribution in [3.63, 3.8) is 0 Å². The molecule has 0 aliphatic heterocycles. The summed E-state index contributed by atoms with van der Waals surface area (Å²) in [4.78, 5) is 0. The first-order valence-corrected chi connectivity index (χ1v) is 12.4. The second-order valence-corrected chi connectivity index (χ2v) is 11.5. The minimum Gasteiger partial charge on any atom is -0.0893 e. The van der Waals surface area contributed by atoms with Crippen molar-refractivity contribution in [3.05, 3.63) is 24.3 Å². The predicted molar refractivity (Wildman–Crippen MR) is 114 cm³/mol. The maximum absolute atomic E-state index is 2.69. The molecule has 0 aromatic carbocycles. The van der Waals surface area contributed by atoms with E-state index in [4.69, 9.17) is 0 Å². The molecule has 114 valence electrons. The SMILES string of the molecule is IC1CC/C=C\CCC1SSC1CC/C=C\CCC1I. The third-order valence-electron chi connectivity index (χ3n) is 3.90. The average Bonchev–Trinajstić information content (AvgIpc) is 2.41. The molecule has 4 heteroatoms. The Morgan fingerprint density at radius 1 is 0.600 bits per heavy atom. The number of hydrogen-bond acceptors (Lipinski definition) is 2. The zero-order valence-corrected chi connectivity index (χ0v) is 17.8. The van der Waals surface area contributed by atoms with Crippen LogP contribution in [0.2, 0.25) is 0 Å². The highest BCUT2D eigenvalue weighted by atomic mass is 127. The molecule has 0 fully saturated rings. The summed E-state index contributed by atoms with van der Waals surface area (Å²) < 4.78 is 1.69. The zero-order valence-electron chi connectivity index (χ0n) is 11.8. The van der Waals surface area contributed by atoms with Gasteiger partial charge in [0.15, 0.2) is 0 Å². The first-order valence-electron chi connectivity index (χ1n) is 7.67. The minimum atomic E-state index is 0.843. The van der Waals surface area contributed by atoms with E-state index in [-0.39, 0.29) is 0 Å². The van der Waals surface area contributed by atoms with Gasteiger partial charge in [-0.05, 0) is 51.4 Å². The summed E-state index contributed by atoms with van der Waals surface area (Å²) in [6.45, 7) is 0. The summed E-state index contributed by atoms with van der Waals surface area (Å²) in [6, 6.07) is 0. The third-order valence-corrected chi connectivity index (χ3v) is 11.4. The number of halogens is 2. The van der Waals surface area contributed by atoms with Crippen LogP contribution in [0.1, 0.15) is 51.4 Å². The van der Waals surface area contributed by atoms with Crippen molar-refractivity contribution in [2.45, 2.75) is 69.7 Å². The number of hydrogen-bond donors (Lipinski definition) is 0. The highest BCUT2D eigenvalue weighted by Gasteiger charge is 2.25. The van der Waals surface area contributed by atoms with Crippen LogP contribution >= 0.6 is 66.8 Å². The van der Waals surface area contributed by atoms with E-state index in [1.54, 1.807) is 0 Å². The van der Waals surface area contributed by atoms with Gasteiger partial charge in [0.2, 0.25) is 0 Å². The van der Waals surface area contributed by atoms with E-state index in [9.17, 15) is 0 Å². The predicted octanol–water partition coefficient (Wildman–Crippen LogP) is 6.97. The molecule has 2 aliphatic rings. The number of alkyl halides is 2. The van der Waals surface area contributed by atoms with E-state index in [1.807, 2.05) is 0 Å². The van der Waals surface area contributed by atoms with E-state index < -0.39 is 0 Å². The minimum absolute atomic E-state index is 0.843. The molecule has 0 radical (unpaired) electrons. The van der Waals surface area contributed by atoms with Crippen molar-refractivity contribution in [2.24, 2.45) is 0 Å². The lowest BCUT2D eigenvalue weighted by atomic mass is 10.1. The molecule has 0 amide bonds. The Bertz CT molecular complexity index is 298. The normalized spacial score (nSPS) is 39.1. The first-order chi connectivity index (χ1) is 9.77. The lowest BCUT2D eigenvalue weighted by Gasteiger charge is -2.27. The number of allylic oxidation sites excluding steroid dienone is 4. The van der Waals surface area contributed by atoms with Crippen LogP contribution in [0.4, 0.5) is 0 Å². The van der Waals surface area contributed by atoms with Gasteiger partial charge in [0.25, 0.3) is 0 Å². The molecule has 4 atom stereocenters. The fraction of sp³-hybridized carbons (Fsp3) is 0.750. The van der Waals surface area contributed by atoms with Gasteiger partial charge in [-0.3, -0.25) is 0 Å². The molecule has 4 unspecified atom stereocenters. The highest BCUT2D eigenvalue weighted by molar-refractivity contribution is 14.1. The lowest BCUT2D eigenvalue weighted by molar-refractivity contribution is 0.683. The van der Waals surface area contributed by atoms with Gasteiger partial charge in [-0.1, -0.05) is 91.1 Å². The Balaban J connectivity index is 1.82. The molecule has 0 spiro atoms. The molecular formula is C16H24I2S2. The fourth-order valence-electron chi connectivity index (χ4n) is 2.60. The highest BCUT2D eigenvalue weighted by Crippen LogP contribution is 2.43. The maximum Gasteiger partial charge on any atom is 0.0272 e. The second-order valence-electron chi connectivity index (χ2n) is 5.55. The van der Waals surface area contributed by atoms with Crippen LogP contribution < -0.4 is 0 Å². The van der Waals surface area contributed by atoms with Crippen molar-refractivity contribution in [1.82, 2.24) is 0 Å². The molecule has 0 saturated heterocycles. The van der Waals surface area contributed by atoms with E-state index in [0.29, 0.717) is 0 Å². The van der Waals surface area contributed by atoms with Crippen LogP contribution in [0.25, 0.3) is 0 Å². The summed E-state index contributed by atoms with van der Waals surface area (Å²) in [7, 11) is 4.40. The van der Waals surface area contributed by atoms with Gasteiger partial charge in [0, 0.05) is 18.3 Å². The van der Waals surface area contributed by atoms with Crippen LogP contribution in [0.5, 0.6) is 0 Å². The molecule has 0 heterocycles. The molecule has 0 bridgehead atoms. The van der Waals surface area contributed by atoms with Crippen molar-refractivity contribution in [2.75, 3.05) is 0 Å². The number of rotatable bonds is 3. The van der Waals surface area contributed by atoms with E-state index >= 15 is 0 Å². The van der Waals surface area contributed by atoms with Gasteiger partial charge >= 0.3 is 0 Å². The zero-order chi connectivity index (χ0) is 14.2. The van der Waals surface area contributed by atoms with Crippen LogP contribution in [-0.4, -0.2) is 18.3 Å². The van der Waals surface area contributed by atoms with Crippen LogP contribution in [0, 0.1) is 0 Å². The Morgan fingerprint density at radius 3 is 1.35 bits per heavy atom. The van der Waals surface area contributed by atoms with Gasteiger partial charge in [-0.2, -0.15) is 0 Å². The molecule has 20 heavy (non-hydrogen) atoms. The van der Waals surface area contributed by atoms with Crippen LogP contribution in [0.15, 0.2) is 24.3 Å². The van der Waals surface area contributed by atoms with Crippen molar-refractivity contribution in [1.29, 1.82) is 0 Å². The molecule has 0 aromatic rings. The molecule has 0 saturated carbocycles. The summed E-state index contributed by atoms with van der Waals surface area (Å²) >= 11 is 5.39. The second kappa shape index (κ2) is 10.4. The summed E-state index contributed by atoms with van der Waals surface area (Å²) in [5, 5.41) is 1.69.